The zero-order chi connectivity index (χ0) is 13.1. The van der Waals surface area contributed by atoms with Crippen molar-refractivity contribution in [3.8, 4) is 0 Å². The Balaban J connectivity index is 1.64. The number of rotatable bonds is 3. The van der Waals surface area contributed by atoms with Crippen LogP contribution in [-0.4, -0.2) is 33.1 Å². The van der Waals surface area contributed by atoms with Crippen molar-refractivity contribution in [2.45, 2.75) is 31.8 Å². The van der Waals surface area contributed by atoms with Gasteiger partial charge in [-0.25, -0.2) is 0 Å². The first kappa shape index (κ1) is 12.1. The third kappa shape index (κ3) is 2.58. The van der Waals surface area contributed by atoms with Crippen molar-refractivity contribution >= 4 is 11.6 Å². The van der Waals surface area contributed by atoms with E-state index in [1.54, 1.807) is 0 Å². The number of nitrogens with zero attached hydrogens (tertiary/aromatic N) is 3. The molecular formula is C13H17N5O. The van der Waals surface area contributed by atoms with Gasteiger partial charge in [0.25, 0.3) is 0 Å². The molecule has 1 aliphatic heterocycles. The van der Waals surface area contributed by atoms with Crippen LogP contribution in [0.15, 0.2) is 24.4 Å². The minimum atomic E-state index is -0.0621. The highest BCUT2D eigenvalue weighted by molar-refractivity contribution is 5.81. The molecule has 3 heterocycles. The van der Waals surface area contributed by atoms with Gasteiger partial charge in [-0.1, -0.05) is 12.5 Å². The highest BCUT2D eigenvalue weighted by Crippen LogP contribution is 2.07. The van der Waals surface area contributed by atoms with E-state index in [-0.39, 0.29) is 11.9 Å². The summed E-state index contributed by atoms with van der Waals surface area (Å²) in [5, 5.41) is 14.3. The molecule has 2 aromatic heterocycles. The average Bonchev–Trinajstić information content (AvgIpc) is 2.89. The monoisotopic (exact) mass is 259 g/mol. The van der Waals surface area contributed by atoms with Crippen LogP contribution in [0, 0.1) is 0 Å². The number of pyridine rings is 1. The number of hydrogen-bond acceptors (Lipinski definition) is 4. The summed E-state index contributed by atoms with van der Waals surface area (Å²) in [5.41, 5.74) is 0.794. The molecule has 100 valence electrons. The second kappa shape index (κ2) is 5.36. The number of carbonyl (C=O) groups is 1. The summed E-state index contributed by atoms with van der Waals surface area (Å²) in [6.07, 6.45) is 5.07. The molecular weight excluding hydrogens is 242 g/mol. The normalized spacial score (nSPS) is 19.5. The quantitative estimate of drug-likeness (QED) is 0.841. The van der Waals surface area contributed by atoms with Crippen LogP contribution in [0.2, 0.25) is 0 Å². The first-order chi connectivity index (χ1) is 9.34. The Kier molecular flexibility index (Phi) is 3.41. The van der Waals surface area contributed by atoms with Crippen molar-refractivity contribution in [2.75, 3.05) is 6.54 Å². The molecule has 6 heteroatoms. The molecule has 1 atom stereocenters. The summed E-state index contributed by atoms with van der Waals surface area (Å²) in [4.78, 5) is 12.0. The zero-order valence-electron chi connectivity index (χ0n) is 10.7. The number of amides is 1. The Morgan fingerprint density at radius 2 is 2.37 bits per heavy atom. The summed E-state index contributed by atoms with van der Waals surface area (Å²) in [5.74, 6) is 0.798. The van der Waals surface area contributed by atoms with Crippen molar-refractivity contribution in [3.05, 3.63) is 30.2 Å². The van der Waals surface area contributed by atoms with Crippen molar-refractivity contribution in [1.29, 1.82) is 0 Å². The number of hydrogen-bond donors (Lipinski definition) is 2. The molecule has 0 spiro atoms. The van der Waals surface area contributed by atoms with Gasteiger partial charge in [0, 0.05) is 6.20 Å². The van der Waals surface area contributed by atoms with E-state index >= 15 is 0 Å². The van der Waals surface area contributed by atoms with Gasteiger partial charge in [0.05, 0.1) is 12.6 Å². The molecule has 0 aliphatic carbocycles. The summed E-state index contributed by atoms with van der Waals surface area (Å²) in [6.45, 7) is 1.33. The van der Waals surface area contributed by atoms with Gasteiger partial charge in [0.2, 0.25) is 5.91 Å². The first-order valence-electron chi connectivity index (χ1n) is 6.64. The van der Waals surface area contributed by atoms with Crippen molar-refractivity contribution in [1.82, 2.24) is 25.2 Å². The van der Waals surface area contributed by atoms with Crippen LogP contribution >= 0.6 is 0 Å². The molecule has 2 N–H and O–H groups in total. The minimum Gasteiger partial charge on any atom is -0.347 e. The predicted octanol–water partition coefficient (Wildman–Crippen LogP) is 0.488. The van der Waals surface area contributed by atoms with E-state index < -0.39 is 0 Å². The Hall–Kier alpha value is -1.95. The summed E-state index contributed by atoms with van der Waals surface area (Å²) in [7, 11) is 0. The largest absolute Gasteiger partial charge is 0.347 e. The predicted molar refractivity (Wildman–Crippen MR) is 70.5 cm³/mol. The standard InChI is InChI=1S/C13H17N5O/c19-13(10-5-1-3-7-14-10)15-9-12-17-16-11-6-2-4-8-18(11)12/h2,4,6,8,10,14H,1,3,5,7,9H2,(H,15,19). The van der Waals surface area contributed by atoms with Gasteiger partial charge in [-0.2, -0.15) is 0 Å². The maximum Gasteiger partial charge on any atom is 0.237 e. The lowest BCUT2D eigenvalue weighted by molar-refractivity contribution is -0.123. The third-order valence-corrected chi connectivity index (χ3v) is 3.43. The number of fused-ring (bicyclic) bond motifs is 1. The fourth-order valence-electron chi connectivity index (χ4n) is 2.38. The van der Waals surface area contributed by atoms with Gasteiger partial charge in [0.1, 0.15) is 0 Å². The Labute approximate surface area is 111 Å². The number of aromatic nitrogens is 3. The zero-order valence-corrected chi connectivity index (χ0v) is 10.7. The smallest absolute Gasteiger partial charge is 0.237 e. The van der Waals surface area contributed by atoms with Crippen LogP contribution in [0.1, 0.15) is 25.1 Å². The summed E-state index contributed by atoms with van der Waals surface area (Å²) < 4.78 is 1.88. The van der Waals surface area contributed by atoms with Crippen LogP contribution in [0.5, 0.6) is 0 Å². The van der Waals surface area contributed by atoms with Crippen LogP contribution in [0.3, 0.4) is 0 Å². The molecule has 0 bridgehead atoms. The molecule has 2 aromatic rings. The van der Waals surface area contributed by atoms with E-state index in [0.717, 1.165) is 37.3 Å². The first-order valence-corrected chi connectivity index (χ1v) is 6.64. The molecule has 3 rings (SSSR count). The Morgan fingerprint density at radius 1 is 1.42 bits per heavy atom. The molecule has 0 radical (unpaired) electrons. The van der Waals surface area contributed by atoms with Crippen molar-refractivity contribution in [2.24, 2.45) is 0 Å². The second-order valence-electron chi connectivity index (χ2n) is 4.77. The van der Waals surface area contributed by atoms with Crippen LogP contribution in [0.25, 0.3) is 5.65 Å². The maximum atomic E-state index is 12.0. The van der Waals surface area contributed by atoms with E-state index in [0.29, 0.717) is 6.54 Å². The van der Waals surface area contributed by atoms with Gasteiger partial charge in [-0.05, 0) is 31.5 Å². The fraction of sp³-hybridized carbons (Fsp3) is 0.462. The number of piperidine rings is 1. The third-order valence-electron chi connectivity index (χ3n) is 3.43. The van der Waals surface area contributed by atoms with Gasteiger partial charge in [0.15, 0.2) is 11.5 Å². The van der Waals surface area contributed by atoms with Crippen LogP contribution in [-0.2, 0) is 11.3 Å². The van der Waals surface area contributed by atoms with Gasteiger partial charge < -0.3 is 10.6 Å². The second-order valence-corrected chi connectivity index (χ2v) is 4.77. The van der Waals surface area contributed by atoms with Gasteiger partial charge >= 0.3 is 0 Å². The topological polar surface area (TPSA) is 71.3 Å². The molecule has 19 heavy (non-hydrogen) atoms. The molecule has 1 amide bonds. The van der Waals surface area contributed by atoms with E-state index in [9.17, 15) is 4.79 Å². The minimum absolute atomic E-state index is 0.0485. The highest BCUT2D eigenvalue weighted by Gasteiger charge is 2.20. The molecule has 0 saturated carbocycles. The van der Waals surface area contributed by atoms with E-state index in [2.05, 4.69) is 20.8 Å². The van der Waals surface area contributed by atoms with Gasteiger partial charge in [-0.3, -0.25) is 9.20 Å². The number of nitrogens with one attached hydrogen (secondary N) is 2. The van der Waals surface area contributed by atoms with Crippen molar-refractivity contribution in [3.63, 3.8) is 0 Å². The molecule has 1 unspecified atom stereocenters. The maximum absolute atomic E-state index is 12.0. The van der Waals surface area contributed by atoms with E-state index in [4.69, 9.17) is 0 Å². The SMILES string of the molecule is O=C(NCc1nnc2ccccn12)C1CCCCN1. The van der Waals surface area contributed by atoms with Gasteiger partial charge in [-0.15, -0.1) is 10.2 Å². The molecule has 6 nitrogen and oxygen atoms in total. The van der Waals surface area contributed by atoms with E-state index in [1.807, 2.05) is 28.8 Å². The summed E-state index contributed by atoms with van der Waals surface area (Å²) in [6, 6.07) is 5.66. The molecule has 1 fully saturated rings. The molecule has 1 saturated heterocycles. The van der Waals surface area contributed by atoms with Crippen LogP contribution in [0.4, 0.5) is 0 Å². The molecule has 1 aliphatic rings. The lowest BCUT2D eigenvalue weighted by atomic mass is 10.0. The van der Waals surface area contributed by atoms with Crippen molar-refractivity contribution < 1.29 is 4.79 Å². The Morgan fingerprint density at radius 3 is 3.21 bits per heavy atom. The molecule has 0 aromatic carbocycles. The number of carbonyl (C=O) groups excluding carboxylic acids is 1. The van der Waals surface area contributed by atoms with Crippen LogP contribution < -0.4 is 10.6 Å². The van der Waals surface area contributed by atoms with E-state index in [1.165, 1.54) is 0 Å². The Bertz CT molecular complexity index is 573. The average molecular weight is 259 g/mol. The lowest BCUT2D eigenvalue weighted by Crippen LogP contribution is -2.46. The fourth-order valence-corrected chi connectivity index (χ4v) is 2.38. The summed E-state index contributed by atoms with van der Waals surface area (Å²) >= 11 is 0. The lowest BCUT2D eigenvalue weighted by Gasteiger charge is -2.22. The highest BCUT2D eigenvalue weighted by atomic mass is 16.2.